The summed E-state index contributed by atoms with van der Waals surface area (Å²) in [5.74, 6) is -0.531. The number of carbonyl (C=O) groups excluding carboxylic acids is 1. The van der Waals surface area contributed by atoms with E-state index < -0.39 is 11.9 Å². The fourth-order valence-electron chi connectivity index (χ4n) is 1.77. The number of carbonyl (C=O) groups is 1. The number of rotatable bonds is 6. The molecule has 0 spiro atoms. The topological polar surface area (TPSA) is 41.1 Å². The molecule has 0 bridgehead atoms. The van der Waals surface area contributed by atoms with Crippen molar-refractivity contribution in [3.8, 4) is 0 Å². The monoisotopic (exact) mass is 286 g/mol. The number of amides is 1. The molecule has 0 aromatic heterocycles. The molecule has 106 valence electrons. The maximum atomic E-state index is 13.2. The van der Waals surface area contributed by atoms with Gasteiger partial charge in [0, 0.05) is 16.8 Å². The fraction of sp³-hybridized carbons (Fsp3) is 0.500. The third kappa shape index (κ3) is 5.07. The van der Waals surface area contributed by atoms with Crippen LogP contribution < -0.4 is 10.6 Å². The highest BCUT2D eigenvalue weighted by Crippen LogP contribution is 2.18. The average Bonchev–Trinajstić information content (AvgIpc) is 2.34. The van der Waals surface area contributed by atoms with Gasteiger partial charge >= 0.3 is 0 Å². The Morgan fingerprint density at radius 1 is 1.32 bits per heavy atom. The summed E-state index contributed by atoms with van der Waals surface area (Å²) in [6.07, 6.45) is 1.78. The lowest BCUT2D eigenvalue weighted by Gasteiger charge is -2.20. The van der Waals surface area contributed by atoms with Crippen molar-refractivity contribution in [2.45, 2.75) is 45.7 Å². The summed E-state index contributed by atoms with van der Waals surface area (Å²) in [6.45, 7) is 5.79. The predicted molar refractivity (Wildman–Crippen MR) is 77.0 cm³/mol. The highest BCUT2D eigenvalue weighted by molar-refractivity contribution is 6.30. The fourth-order valence-corrected chi connectivity index (χ4v) is 1.99. The highest BCUT2D eigenvalue weighted by Gasteiger charge is 2.15. The number of nitrogens with one attached hydrogen (secondary N) is 2. The van der Waals surface area contributed by atoms with Crippen LogP contribution in [0.25, 0.3) is 0 Å². The largest absolute Gasteiger partial charge is 0.374 e. The van der Waals surface area contributed by atoms with Gasteiger partial charge in [0.05, 0.1) is 0 Å². The second kappa shape index (κ2) is 7.34. The Kier molecular flexibility index (Phi) is 6.09. The van der Waals surface area contributed by atoms with Crippen LogP contribution in [0.3, 0.4) is 0 Å². The zero-order valence-corrected chi connectivity index (χ0v) is 12.2. The molecule has 0 aliphatic rings. The molecule has 3 nitrogen and oxygen atoms in total. The Bertz CT molecular complexity index is 415. The minimum Gasteiger partial charge on any atom is -0.374 e. The molecule has 1 rings (SSSR count). The molecule has 2 N–H and O–H groups in total. The summed E-state index contributed by atoms with van der Waals surface area (Å²) in [6, 6.07) is 3.85. The number of halogens is 2. The molecule has 0 saturated carbocycles. The van der Waals surface area contributed by atoms with Crippen LogP contribution in [0.2, 0.25) is 5.02 Å². The standard InChI is InChI=1S/C14H20ClFN2O/c1-4-12(5-2)18-14(19)9(3)17-13-7-10(15)6-11(16)8-13/h6-9,12,17H,4-5H2,1-3H3,(H,18,19). The molecular formula is C14H20ClFN2O. The quantitative estimate of drug-likeness (QED) is 0.839. The Balaban J connectivity index is 2.63. The van der Waals surface area contributed by atoms with Crippen LogP contribution in [0.5, 0.6) is 0 Å². The van der Waals surface area contributed by atoms with Gasteiger partial charge < -0.3 is 10.6 Å². The third-order valence-electron chi connectivity index (χ3n) is 2.97. The molecule has 0 aliphatic carbocycles. The molecule has 1 aromatic carbocycles. The molecule has 0 heterocycles. The lowest BCUT2D eigenvalue weighted by atomic mass is 10.1. The highest BCUT2D eigenvalue weighted by atomic mass is 35.5. The molecule has 0 fully saturated rings. The first kappa shape index (κ1) is 15.8. The van der Waals surface area contributed by atoms with Crippen LogP contribution in [0.15, 0.2) is 18.2 Å². The molecular weight excluding hydrogens is 267 g/mol. The van der Waals surface area contributed by atoms with E-state index in [1.54, 1.807) is 13.0 Å². The summed E-state index contributed by atoms with van der Waals surface area (Å²) in [7, 11) is 0. The zero-order valence-electron chi connectivity index (χ0n) is 11.5. The van der Waals surface area contributed by atoms with Gasteiger partial charge in [-0.05, 0) is 38.0 Å². The van der Waals surface area contributed by atoms with Crippen molar-refractivity contribution >= 4 is 23.2 Å². The van der Waals surface area contributed by atoms with Crippen molar-refractivity contribution in [2.75, 3.05) is 5.32 Å². The summed E-state index contributed by atoms with van der Waals surface area (Å²) >= 11 is 5.76. The average molecular weight is 287 g/mol. The summed E-state index contributed by atoms with van der Waals surface area (Å²) < 4.78 is 13.2. The number of hydrogen-bond acceptors (Lipinski definition) is 2. The van der Waals surface area contributed by atoms with Crippen LogP contribution in [0.4, 0.5) is 10.1 Å². The Labute approximate surface area is 118 Å². The summed E-state index contributed by atoms with van der Waals surface area (Å²) in [5.41, 5.74) is 0.497. The van der Waals surface area contributed by atoms with Crippen LogP contribution in [-0.4, -0.2) is 18.0 Å². The van der Waals surface area contributed by atoms with Crippen molar-refractivity contribution in [1.82, 2.24) is 5.32 Å². The van der Waals surface area contributed by atoms with E-state index >= 15 is 0 Å². The molecule has 0 aliphatic heterocycles. The molecule has 1 atom stereocenters. The predicted octanol–water partition coefficient (Wildman–Crippen LogP) is 3.58. The molecule has 1 amide bonds. The molecule has 19 heavy (non-hydrogen) atoms. The second-order valence-corrected chi connectivity index (χ2v) is 4.98. The van der Waals surface area contributed by atoms with E-state index in [9.17, 15) is 9.18 Å². The van der Waals surface area contributed by atoms with E-state index in [2.05, 4.69) is 10.6 Å². The molecule has 0 radical (unpaired) electrons. The number of hydrogen-bond donors (Lipinski definition) is 2. The van der Waals surface area contributed by atoms with E-state index in [0.29, 0.717) is 10.7 Å². The first-order valence-corrected chi connectivity index (χ1v) is 6.87. The minimum atomic E-state index is -0.446. The lowest BCUT2D eigenvalue weighted by Crippen LogP contribution is -2.42. The van der Waals surface area contributed by atoms with E-state index in [4.69, 9.17) is 11.6 Å². The SMILES string of the molecule is CCC(CC)NC(=O)C(C)Nc1cc(F)cc(Cl)c1. The van der Waals surface area contributed by atoms with E-state index in [0.717, 1.165) is 12.8 Å². The van der Waals surface area contributed by atoms with Gasteiger partial charge in [0.25, 0.3) is 0 Å². The van der Waals surface area contributed by atoms with Gasteiger partial charge in [0.1, 0.15) is 11.9 Å². The van der Waals surface area contributed by atoms with E-state index in [1.165, 1.54) is 12.1 Å². The van der Waals surface area contributed by atoms with E-state index in [1.807, 2.05) is 13.8 Å². The van der Waals surface area contributed by atoms with Crippen molar-refractivity contribution in [3.05, 3.63) is 29.0 Å². The smallest absolute Gasteiger partial charge is 0.242 e. The first-order chi connectivity index (χ1) is 8.96. The third-order valence-corrected chi connectivity index (χ3v) is 3.19. The Morgan fingerprint density at radius 2 is 1.95 bits per heavy atom. The van der Waals surface area contributed by atoms with Gasteiger partial charge in [-0.1, -0.05) is 25.4 Å². The van der Waals surface area contributed by atoms with Crippen molar-refractivity contribution in [1.29, 1.82) is 0 Å². The van der Waals surface area contributed by atoms with Crippen LogP contribution in [-0.2, 0) is 4.79 Å². The molecule has 5 heteroatoms. The molecule has 1 aromatic rings. The Morgan fingerprint density at radius 3 is 2.47 bits per heavy atom. The summed E-state index contributed by atoms with van der Waals surface area (Å²) in [4.78, 5) is 11.9. The second-order valence-electron chi connectivity index (χ2n) is 4.55. The van der Waals surface area contributed by atoms with Crippen molar-refractivity contribution in [2.24, 2.45) is 0 Å². The zero-order chi connectivity index (χ0) is 14.4. The molecule has 0 saturated heterocycles. The minimum absolute atomic E-state index is 0.103. The summed E-state index contributed by atoms with van der Waals surface area (Å²) in [5, 5.41) is 6.18. The maximum Gasteiger partial charge on any atom is 0.242 e. The number of benzene rings is 1. The normalized spacial score (nSPS) is 12.3. The first-order valence-electron chi connectivity index (χ1n) is 6.49. The van der Waals surface area contributed by atoms with Gasteiger partial charge in [-0.3, -0.25) is 4.79 Å². The van der Waals surface area contributed by atoms with E-state index in [-0.39, 0.29) is 11.9 Å². The van der Waals surface area contributed by atoms with Gasteiger partial charge in [-0.25, -0.2) is 4.39 Å². The maximum absolute atomic E-state index is 13.2. The van der Waals surface area contributed by atoms with Gasteiger partial charge in [0.2, 0.25) is 5.91 Å². The Hall–Kier alpha value is -1.29. The van der Waals surface area contributed by atoms with Crippen LogP contribution in [0, 0.1) is 5.82 Å². The lowest BCUT2D eigenvalue weighted by molar-refractivity contribution is -0.122. The van der Waals surface area contributed by atoms with Gasteiger partial charge in [-0.2, -0.15) is 0 Å². The van der Waals surface area contributed by atoms with Crippen LogP contribution in [0.1, 0.15) is 33.6 Å². The van der Waals surface area contributed by atoms with Gasteiger partial charge in [-0.15, -0.1) is 0 Å². The molecule has 1 unspecified atom stereocenters. The van der Waals surface area contributed by atoms with Gasteiger partial charge in [0.15, 0.2) is 0 Å². The van der Waals surface area contributed by atoms with Crippen molar-refractivity contribution in [3.63, 3.8) is 0 Å². The van der Waals surface area contributed by atoms with Crippen molar-refractivity contribution < 1.29 is 9.18 Å². The van der Waals surface area contributed by atoms with Crippen LogP contribution >= 0.6 is 11.6 Å². The number of anilines is 1.